The normalized spacial score (nSPS) is 14.8. The van der Waals surface area contributed by atoms with Crippen LogP contribution in [0.25, 0.3) is 0 Å². The smallest absolute Gasteiger partial charge is 0.191 e. The first-order valence-corrected chi connectivity index (χ1v) is 7.01. The maximum absolute atomic E-state index is 5.57. The van der Waals surface area contributed by atoms with Crippen LogP contribution in [-0.2, 0) is 11.3 Å². The van der Waals surface area contributed by atoms with Gasteiger partial charge in [0.15, 0.2) is 5.96 Å². The molecule has 0 bridgehead atoms. The molecule has 114 valence electrons. The van der Waals surface area contributed by atoms with Gasteiger partial charge in [-0.15, -0.1) is 24.0 Å². The van der Waals surface area contributed by atoms with Crippen molar-refractivity contribution in [3.05, 3.63) is 24.5 Å². The lowest BCUT2D eigenvalue weighted by atomic mass is 10.5. The van der Waals surface area contributed by atoms with Crippen molar-refractivity contribution < 1.29 is 4.74 Å². The molecule has 5 nitrogen and oxygen atoms in total. The lowest BCUT2D eigenvalue weighted by Crippen LogP contribution is -2.40. The Balaban J connectivity index is 0.00000200. The number of rotatable bonds is 8. The second-order valence-electron chi connectivity index (χ2n) is 4.86. The van der Waals surface area contributed by atoms with E-state index in [1.807, 2.05) is 12.1 Å². The quantitative estimate of drug-likeness (QED) is 0.307. The van der Waals surface area contributed by atoms with Crippen LogP contribution in [0.5, 0.6) is 0 Å². The summed E-state index contributed by atoms with van der Waals surface area (Å²) in [6, 6.07) is 4.06. The van der Waals surface area contributed by atoms with E-state index in [-0.39, 0.29) is 24.0 Å². The van der Waals surface area contributed by atoms with Gasteiger partial charge in [0.2, 0.25) is 0 Å². The van der Waals surface area contributed by atoms with Gasteiger partial charge in [-0.2, -0.15) is 0 Å². The SMILES string of the molecule is CN=C(NCCOCC1CC1)NCCn1cccc1.I. The lowest BCUT2D eigenvalue weighted by Gasteiger charge is -2.12. The third-order valence-electron chi connectivity index (χ3n) is 3.14. The number of ether oxygens (including phenoxy) is 1. The van der Waals surface area contributed by atoms with Crippen molar-refractivity contribution in [2.75, 3.05) is 33.4 Å². The molecule has 0 aromatic carbocycles. The number of aliphatic imine (C=N–C) groups is 1. The van der Waals surface area contributed by atoms with Crippen molar-refractivity contribution in [1.82, 2.24) is 15.2 Å². The highest BCUT2D eigenvalue weighted by molar-refractivity contribution is 14.0. The van der Waals surface area contributed by atoms with Crippen molar-refractivity contribution in [3.8, 4) is 0 Å². The average molecular weight is 392 g/mol. The lowest BCUT2D eigenvalue weighted by molar-refractivity contribution is 0.129. The highest BCUT2D eigenvalue weighted by Gasteiger charge is 2.20. The molecular weight excluding hydrogens is 367 g/mol. The van der Waals surface area contributed by atoms with Gasteiger partial charge in [0, 0.05) is 45.7 Å². The number of halogens is 1. The molecule has 6 heteroatoms. The van der Waals surface area contributed by atoms with Crippen LogP contribution in [0.1, 0.15) is 12.8 Å². The summed E-state index contributed by atoms with van der Waals surface area (Å²) in [5, 5.41) is 6.53. The molecule has 1 aromatic rings. The maximum Gasteiger partial charge on any atom is 0.191 e. The highest BCUT2D eigenvalue weighted by Crippen LogP contribution is 2.28. The number of nitrogens with one attached hydrogen (secondary N) is 2. The topological polar surface area (TPSA) is 50.6 Å². The molecule has 0 unspecified atom stereocenters. The first-order chi connectivity index (χ1) is 9.38. The first kappa shape index (κ1) is 17.3. The minimum absolute atomic E-state index is 0. The fourth-order valence-corrected chi connectivity index (χ4v) is 1.82. The van der Waals surface area contributed by atoms with Crippen molar-refractivity contribution in [3.63, 3.8) is 0 Å². The Morgan fingerprint density at radius 2 is 1.95 bits per heavy atom. The number of hydrogen-bond donors (Lipinski definition) is 2. The van der Waals surface area contributed by atoms with Gasteiger partial charge in [-0.3, -0.25) is 4.99 Å². The molecular formula is C14H25IN4O. The maximum atomic E-state index is 5.57. The zero-order chi connectivity index (χ0) is 13.3. The van der Waals surface area contributed by atoms with E-state index >= 15 is 0 Å². The minimum Gasteiger partial charge on any atom is -0.379 e. The predicted molar refractivity (Wildman–Crippen MR) is 92.8 cm³/mol. The molecule has 0 saturated heterocycles. The fourth-order valence-electron chi connectivity index (χ4n) is 1.82. The molecule has 1 saturated carbocycles. The van der Waals surface area contributed by atoms with Crippen LogP contribution >= 0.6 is 24.0 Å². The third kappa shape index (κ3) is 7.14. The van der Waals surface area contributed by atoms with Crippen LogP contribution in [-0.4, -0.2) is 43.9 Å². The summed E-state index contributed by atoms with van der Waals surface area (Å²) in [5.74, 6) is 1.67. The summed E-state index contributed by atoms with van der Waals surface area (Å²) in [4.78, 5) is 4.18. The Morgan fingerprint density at radius 3 is 2.60 bits per heavy atom. The van der Waals surface area contributed by atoms with E-state index in [0.717, 1.165) is 44.7 Å². The van der Waals surface area contributed by atoms with Crippen LogP contribution in [0.4, 0.5) is 0 Å². The molecule has 1 aliphatic carbocycles. The van der Waals surface area contributed by atoms with E-state index in [4.69, 9.17) is 4.74 Å². The monoisotopic (exact) mass is 392 g/mol. The number of aromatic nitrogens is 1. The van der Waals surface area contributed by atoms with E-state index < -0.39 is 0 Å². The number of hydrogen-bond acceptors (Lipinski definition) is 2. The van der Waals surface area contributed by atoms with Gasteiger partial charge in [-0.05, 0) is 30.9 Å². The standard InChI is InChI=1S/C14H24N4O.HI/c1-15-14(16-6-10-18-8-2-3-9-18)17-7-11-19-12-13-4-5-13;/h2-3,8-9,13H,4-7,10-12H2,1H3,(H2,15,16,17);1H. The highest BCUT2D eigenvalue weighted by atomic mass is 127. The third-order valence-corrected chi connectivity index (χ3v) is 3.14. The Labute approximate surface area is 138 Å². The summed E-state index contributed by atoms with van der Waals surface area (Å²) in [5.41, 5.74) is 0. The van der Waals surface area contributed by atoms with E-state index in [0.29, 0.717) is 0 Å². The molecule has 2 rings (SSSR count). The van der Waals surface area contributed by atoms with Gasteiger partial charge < -0.3 is 19.9 Å². The number of nitrogens with zero attached hydrogens (tertiary/aromatic N) is 2. The van der Waals surface area contributed by atoms with Crippen LogP contribution < -0.4 is 10.6 Å². The summed E-state index contributed by atoms with van der Waals surface area (Å²) in [6.45, 7) is 4.26. The zero-order valence-corrected chi connectivity index (χ0v) is 14.4. The number of guanidine groups is 1. The molecule has 2 N–H and O–H groups in total. The van der Waals surface area contributed by atoms with Gasteiger partial charge in [0.05, 0.1) is 6.61 Å². The summed E-state index contributed by atoms with van der Waals surface area (Å²) >= 11 is 0. The van der Waals surface area contributed by atoms with E-state index in [1.165, 1.54) is 12.8 Å². The fraction of sp³-hybridized carbons (Fsp3) is 0.643. The first-order valence-electron chi connectivity index (χ1n) is 7.01. The molecule has 0 spiro atoms. The second kappa shape index (κ2) is 10.0. The van der Waals surface area contributed by atoms with Crippen molar-refractivity contribution in [2.24, 2.45) is 10.9 Å². The zero-order valence-electron chi connectivity index (χ0n) is 12.0. The van der Waals surface area contributed by atoms with Crippen molar-refractivity contribution in [1.29, 1.82) is 0 Å². The van der Waals surface area contributed by atoms with Gasteiger partial charge >= 0.3 is 0 Å². The average Bonchev–Trinajstić information content (AvgIpc) is 3.10. The molecule has 0 atom stereocenters. The van der Waals surface area contributed by atoms with E-state index in [1.54, 1.807) is 7.05 Å². The van der Waals surface area contributed by atoms with E-state index in [9.17, 15) is 0 Å². The Bertz CT molecular complexity index is 377. The molecule has 1 heterocycles. The molecule has 1 aliphatic rings. The summed E-state index contributed by atoms with van der Waals surface area (Å²) in [7, 11) is 1.79. The van der Waals surface area contributed by atoms with Crippen molar-refractivity contribution >= 4 is 29.9 Å². The molecule has 1 fully saturated rings. The van der Waals surface area contributed by atoms with E-state index in [2.05, 4.69) is 32.6 Å². The summed E-state index contributed by atoms with van der Waals surface area (Å²) in [6.07, 6.45) is 6.80. The van der Waals surface area contributed by atoms with Gasteiger partial charge in [0.1, 0.15) is 0 Å². The Hall–Kier alpha value is -0.760. The van der Waals surface area contributed by atoms with Gasteiger partial charge in [0.25, 0.3) is 0 Å². The van der Waals surface area contributed by atoms with Crippen LogP contribution in [0, 0.1) is 5.92 Å². The molecule has 0 aliphatic heterocycles. The van der Waals surface area contributed by atoms with Crippen LogP contribution in [0.2, 0.25) is 0 Å². The molecule has 0 amide bonds. The second-order valence-corrected chi connectivity index (χ2v) is 4.86. The predicted octanol–water partition coefficient (Wildman–Crippen LogP) is 1.70. The minimum atomic E-state index is 0. The van der Waals surface area contributed by atoms with Crippen LogP contribution in [0.15, 0.2) is 29.5 Å². The van der Waals surface area contributed by atoms with Crippen LogP contribution in [0.3, 0.4) is 0 Å². The molecule has 1 aromatic heterocycles. The van der Waals surface area contributed by atoms with Gasteiger partial charge in [-0.1, -0.05) is 0 Å². The van der Waals surface area contributed by atoms with Gasteiger partial charge in [-0.25, -0.2) is 0 Å². The van der Waals surface area contributed by atoms with Crippen molar-refractivity contribution in [2.45, 2.75) is 19.4 Å². The Morgan fingerprint density at radius 1 is 1.25 bits per heavy atom. The largest absolute Gasteiger partial charge is 0.379 e. The Kier molecular flexibility index (Phi) is 8.68. The summed E-state index contributed by atoms with van der Waals surface area (Å²) < 4.78 is 7.70. The molecule has 20 heavy (non-hydrogen) atoms. The molecule has 0 radical (unpaired) electrons.